The molecule has 11 heteroatoms. The van der Waals surface area contributed by atoms with Crippen molar-refractivity contribution in [3.05, 3.63) is 46.9 Å². The quantitative estimate of drug-likeness (QED) is 0.523. The zero-order valence-corrected chi connectivity index (χ0v) is 16.6. The number of nitrogens with two attached hydrogens (primary N) is 1. The number of rotatable bonds is 6. The third-order valence-electron chi connectivity index (χ3n) is 5.26. The molecule has 0 unspecified atom stereocenters. The monoisotopic (exact) mass is 440 g/mol. The number of carbonyl (C=O) groups is 2. The maximum atomic E-state index is 13.8. The molecular formula is C20H23F3N4O4. The van der Waals surface area contributed by atoms with Gasteiger partial charge in [-0.2, -0.15) is 4.98 Å². The molecule has 168 valence electrons. The van der Waals surface area contributed by atoms with Gasteiger partial charge < -0.3 is 20.3 Å². The number of likely N-dealkylation sites (tertiary alicyclic amines) is 1. The summed E-state index contributed by atoms with van der Waals surface area (Å²) in [5.41, 5.74) is 5.94. The Hall–Kier alpha value is -2.95. The Morgan fingerprint density at radius 3 is 2.61 bits per heavy atom. The van der Waals surface area contributed by atoms with Gasteiger partial charge in [-0.3, -0.25) is 9.59 Å². The SMILES string of the molecule is N[C@@H](CC(=O)N1CCC[C@@H]1c1noc(C2CC2)n1)Cc1cc(F)c(F)cc1F.O=CO. The van der Waals surface area contributed by atoms with Gasteiger partial charge >= 0.3 is 0 Å². The molecule has 1 saturated heterocycles. The molecule has 2 heterocycles. The van der Waals surface area contributed by atoms with Crippen molar-refractivity contribution < 1.29 is 32.4 Å². The van der Waals surface area contributed by atoms with E-state index in [2.05, 4.69) is 10.1 Å². The highest BCUT2D eigenvalue weighted by Gasteiger charge is 2.36. The summed E-state index contributed by atoms with van der Waals surface area (Å²) in [7, 11) is 0. The van der Waals surface area contributed by atoms with Crippen molar-refractivity contribution in [3.63, 3.8) is 0 Å². The molecule has 0 radical (unpaired) electrons. The van der Waals surface area contributed by atoms with Crippen molar-refractivity contribution in [3.8, 4) is 0 Å². The molecule has 4 rings (SSSR count). The lowest BCUT2D eigenvalue weighted by Gasteiger charge is -2.24. The summed E-state index contributed by atoms with van der Waals surface area (Å²) in [6, 6.07) is 0.298. The minimum absolute atomic E-state index is 0.0394. The Balaban J connectivity index is 0.000000858. The van der Waals surface area contributed by atoms with Crippen LogP contribution in [0.4, 0.5) is 13.2 Å². The highest BCUT2D eigenvalue weighted by atomic mass is 19.2. The molecule has 31 heavy (non-hydrogen) atoms. The number of halogens is 3. The number of carbonyl (C=O) groups excluding carboxylic acids is 1. The van der Waals surface area contributed by atoms with Crippen molar-refractivity contribution in [2.24, 2.45) is 5.73 Å². The third kappa shape index (κ3) is 5.60. The van der Waals surface area contributed by atoms with E-state index in [1.165, 1.54) is 0 Å². The van der Waals surface area contributed by atoms with Crippen LogP contribution in [0.1, 0.15) is 61.3 Å². The van der Waals surface area contributed by atoms with Crippen LogP contribution in [0.3, 0.4) is 0 Å². The lowest BCUT2D eigenvalue weighted by Crippen LogP contribution is -2.36. The van der Waals surface area contributed by atoms with Crippen LogP contribution in [-0.2, 0) is 16.0 Å². The first-order valence-electron chi connectivity index (χ1n) is 9.93. The number of aromatic nitrogens is 2. The van der Waals surface area contributed by atoms with E-state index in [1.54, 1.807) is 4.90 Å². The molecule has 3 N–H and O–H groups in total. The summed E-state index contributed by atoms with van der Waals surface area (Å²) in [5, 5.41) is 10.9. The van der Waals surface area contributed by atoms with E-state index < -0.39 is 23.5 Å². The van der Waals surface area contributed by atoms with E-state index in [9.17, 15) is 18.0 Å². The van der Waals surface area contributed by atoms with Crippen molar-refractivity contribution in [2.75, 3.05) is 6.54 Å². The summed E-state index contributed by atoms with van der Waals surface area (Å²) in [6.45, 7) is 0.309. The molecule has 2 aliphatic rings. The van der Waals surface area contributed by atoms with E-state index in [-0.39, 0.29) is 36.8 Å². The predicted molar refractivity (Wildman–Crippen MR) is 101 cm³/mol. The standard InChI is InChI=1S/C19H21F3N4O2.CH2O2/c20-13-9-15(22)14(21)7-11(13)6-12(23)8-17(27)26-5-1-2-16(26)18-24-19(28-25-18)10-3-4-10;2-1-3/h7,9-10,12,16H,1-6,8,23H2;1H,(H,2,3)/t12-,16-;/m1./s1. The Bertz CT molecular complexity index is 935. The smallest absolute Gasteiger partial charge is 0.290 e. The minimum atomic E-state index is -1.25. The number of carboxylic acid groups (broad SMARTS) is 1. The fraction of sp³-hybridized carbons (Fsp3) is 0.500. The molecule has 1 aliphatic carbocycles. The minimum Gasteiger partial charge on any atom is -0.483 e. The van der Waals surface area contributed by atoms with Crippen LogP contribution in [0.5, 0.6) is 0 Å². The molecule has 1 saturated carbocycles. The van der Waals surface area contributed by atoms with E-state index >= 15 is 0 Å². The number of amides is 1. The number of hydrogen-bond donors (Lipinski definition) is 2. The molecular weight excluding hydrogens is 417 g/mol. The van der Waals surface area contributed by atoms with E-state index in [0.717, 1.165) is 31.7 Å². The highest BCUT2D eigenvalue weighted by molar-refractivity contribution is 5.77. The summed E-state index contributed by atoms with van der Waals surface area (Å²) in [4.78, 5) is 27.2. The van der Waals surface area contributed by atoms with Gasteiger partial charge in [0.1, 0.15) is 5.82 Å². The lowest BCUT2D eigenvalue weighted by molar-refractivity contribution is -0.132. The number of nitrogens with zero attached hydrogens (tertiary/aromatic N) is 3. The van der Waals surface area contributed by atoms with Gasteiger partial charge in [0.15, 0.2) is 17.5 Å². The van der Waals surface area contributed by atoms with Gasteiger partial charge in [0.25, 0.3) is 6.47 Å². The Kier molecular flexibility index (Phi) is 7.26. The Labute approximate surface area is 176 Å². The van der Waals surface area contributed by atoms with Crippen molar-refractivity contribution in [1.82, 2.24) is 15.0 Å². The van der Waals surface area contributed by atoms with E-state index in [1.807, 2.05) is 0 Å². The first-order chi connectivity index (χ1) is 14.8. The van der Waals surface area contributed by atoms with Crippen molar-refractivity contribution in [2.45, 2.75) is 56.5 Å². The molecule has 0 spiro atoms. The number of hydrogen-bond acceptors (Lipinski definition) is 6. The summed E-state index contributed by atoms with van der Waals surface area (Å²) in [6.07, 6.45) is 3.54. The molecule has 1 aromatic carbocycles. The summed E-state index contributed by atoms with van der Waals surface area (Å²) < 4.78 is 45.5. The Morgan fingerprint density at radius 2 is 1.94 bits per heavy atom. The van der Waals surface area contributed by atoms with E-state index in [4.69, 9.17) is 20.2 Å². The zero-order chi connectivity index (χ0) is 22.5. The average molecular weight is 440 g/mol. The van der Waals surface area contributed by atoms with Crippen LogP contribution in [0.2, 0.25) is 0 Å². The van der Waals surface area contributed by atoms with Crippen LogP contribution >= 0.6 is 0 Å². The maximum absolute atomic E-state index is 13.8. The predicted octanol–water partition coefficient (Wildman–Crippen LogP) is 2.69. The van der Waals surface area contributed by atoms with E-state index in [0.29, 0.717) is 30.2 Å². The first-order valence-corrected chi connectivity index (χ1v) is 9.93. The first kappa shape index (κ1) is 22.7. The van der Waals surface area contributed by atoms with Crippen LogP contribution in [0.25, 0.3) is 0 Å². The maximum Gasteiger partial charge on any atom is 0.290 e. The molecule has 1 aromatic heterocycles. The second kappa shape index (κ2) is 9.90. The van der Waals surface area contributed by atoms with Crippen LogP contribution < -0.4 is 5.73 Å². The largest absolute Gasteiger partial charge is 0.483 e. The molecule has 1 amide bonds. The van der Waals surface area contributed by atoms with Gasteiger partial charge in [-0.05, 0) is 43.7 Å². The molecule has 8 nitrogen and oxygen atoms in total. The lowest BCUT2D eigenvalue weighted by atomic mass is 10.0. The zero-order valence-electron chi connectivity index (χ0n) is 16.6. The van der Waals surface area contributed by atoms with Crippen LogP contribution in [-0.4, -0.2) is 45.1 Å². The highest BCUT2D eigenvalue weighted by Crippen LogP contribution is 2.40. The second-order valence-corrected chi connectivity index (χ2v) is 7.64. The molecule has 1 aliphatic heterocycles. The van der Waals surface area contributed by atoms with Gasteiger partial charge in [0.2, 0.25) is 11.8 Å². The topological polar surface area (TPSA) is 123 Å². The van der Waals surface area contributed by atoms with Crippen molar-refractivity contribution in [1.29, 1.82) is 0 Å². The van der Waals surface area contributed by atoms with Gasteiger partial charge in [0, 0.05) is 31.0 Å². The van der Waals surface area contributed by atoms with Crippen molar-refractivity contribution >= 4 is 12.4 Å². The molecule has 0 bridgehead atoms. The average Bonchev–Trinajstić information content (AvgIpc) is 3.24. The van der Waals surface area contributed by atoms with Gasteiger partial charge in [-0.1, -0.05) is 5.16 Å². The molecule has 2 fully saturated rings. The molecule has 2 atom stereocenters. The fourth-order valence-corrected chi connectivity index (χ4v) is 3.63. The van der Waals surface area contributed by atoms with Gasteiger partial charge in [-0.25, -0.2) is 13.2 Å². The number of benzene rings is 1. The fourth-order valence-electron chi connectivity index (χ4n) is 3.63. The summed E-state index contributed by atoms with van der Waals surface area (Å²) in [5.74, 6) is -2.00. The Morgan fingerprint density at radius 1 is 1.26 bits per heavy atom. The normalized spacial score (nSPS) is 19.0. The van der Waals surface area contributed by atoms with Gasteiger partial charge in [-0.15, -0.1) is 0 Å². The summed E-state index contributed by atoms with van der Waals surface area (Å²) >= 11 is 0. The third-order valence-corrected chi connectivity index (χ3v) is 5.26. The molecule has 2 aromatic rings. The van der Waals surface area contributed by atoms with Crippen LogP contribution in [0, 0.1) is 17.5 Å². The van der Waals surface area contributed by atoms with Crippen LogP contribution in [0.15, 0.2) is 16.7 Å². The second-order valence-electron chi connectivity index (χ2n) is 7.64. The van der Waals surface area contributed by atoms with Gasteiger partial charge in [0.05, 0.1) is 6.04 Å².